The molecule has 0 unspecified atom stereocenters. The summed E-state index contributed by atoms with van der Waals surface area (Å²) in [5.41, 5.74) is 2.19. The van der Waals surface area contributed by atoms with E-state index < -0.39 is 10.0 Å². The average Bonchev–Trinajstić information content (AvgIpc) is 3.02. The smallest absolute Gasteiger partial charge is 0.212 e. The SMILES string of the molecule is O=S(=O)(CCc1ccccn1)NCCN1CCc2sccc2C1. The summed E-state index contributed by atoms with van der Waals surface area (Å²) in [7, 11) is -3.24. The van der Waals surface area contributed by atoms with Gasteiger partial charge < -0.3 is 0 Å². The quantitative estimate of drug-likeness (QED) is 0.824. The van der Waals surface area contributed by atoms with Gasteiger partial charge in [-0.05, 0) is 35.6 Å². The maximum absolute atomic E-state index is 12.0. The molecule has 1 N–H and O–H groups in total. The molecule has 1 aliphatic rings. The lowest BCUT2D eigenvalue weighted by Crippen LogP contribution is -2.38. The third-order valence-electron chi connectivity index (χ3n) is 3.99. The molecule has 3 heterocycles. The molecule has 3 rings (SSSR count). The van der Waals surface area contributed by atoms with Crippen molar-refractivity contribution in [1.29, 1.82) is 0 Å². The fraction of sp³-hybridized carbons (Fsp3) is 0.438. The van der Waals surface area contributed by atoms with Gasteiger partial charge in [0.1, 0.15) is 0 Å². The molecule has 7 heteroatoms. The number of rotatable bonds is 7. The number of aryl methyl sites for hydroxylation is 1. The predicted molar refractivity (Wildman–Crippen MR) is 93.0 cm³/mol. The molecule has 2 aromatic rings. The summed E-state index contributed by atoms with van der Waals surface area (Å²) in [5.74, 6) is 0.0820. The molecule has 2 aromatic heterocycles. The maximum atomic E-state index is 12.0. The minimum atomic E-state index is -3.24. The number of fused-ring (bicyclic) bond motifs is 1. The first-order chi connectivity index (χ1) is 11.1. The van der Waals surface area contributed by atoms with Crippen LogP contribution in [0.3, 0.4) is 0 Å². The minimum absolute atomic E-state index is 0.0820. The highest BCUT2D eigenvalue weighted by molar-refractivity contribution is 7.89. The van der Waals surface area contributed by atoms with Gasteiger partial charge in [-0.2, -0.15) is 0 Å². The van der Waals surface area contributed by atoms with E-state index in [0.717, 1.165) is 31.7 Å². The van der Waals surface area contributed by atoms with Crippen LogP contribution in [0.25, 0.3) is 0 Å². The van der Waals surface area contributed by atoms with E-state index >= 15 is 0 Å². The van der Waals surface area contributed by atoms with Crippen molar-refractivity contribution in [3.05, 3.63) is 52.0 Å². The van der Waals surface area contributed by atoms with Gasteiger partial charge in [0.25, 0.3) is 0 Å². The minimum Gasteiger partial charge on any atom is -0.297 e. The lowest BCUT2D eigenvalue weighted by Gasteiger charge is -2.26. The highest BCUT2D eigenvalue weighted by atomic mass is 32.2. The largest absolute Gasteiger partial charge is 0.297 e. The van der Waals surface area contributed by atoms with Gasteiger partial charge in [-0.1, -0.05) is 6.07 Å². The molecule has 23 heavy (non-hydrogen) atoms. The molecule has 0 amide bonds. The van der Waals surface area contributed by atoms with Gasteiger partial charge in [0.2, 0.25) is 10.0 Å². The van der Waals surface area contributed by atoms with E-state index in [-0.39, 0.29) is 5.75 Å². The first-order valence-electron chi connectivity index (χ1n) is 7.77. The number of aromatic nitrogens is 1. The van der Waals surface area contributed by atoms with Gasteiger partial charge in [0.15, 0.2) is 0 Å². The van der Waals surface area contributed by atoms with Crippen LogP contribution in [0.5, 0.6) is 0 Å². The molecule has 0 saturated heterocycles. The summed E-state index contributed by atoms with van der Waals surface area (Å²) in [5, 5.41) is 2.13. The third kappa shape index (κ3) is 4.84. The molecule has 0 spiro atoms. The van der Waals surface area contributed by atoms with Crippen LogP contribution in [0, 0.1) is 0 Å². The fourth-order valence-corrected chi connectivity index (χ4v) is 4.63. The zero-order chi connectivity index (χ0) is 16.1. The van der Waals surface area contributed by atoms with Crippen LogP contribution in [0.2, 0.25) is 0 Å². The van der Waals surface area contributed by atoms with Crippen LogP contribution in [0.15, 0.2) is 35.8 Å². The Morgan fingerprint density at radius 1 is 1.30 bits per heavy atom. The molecule has 0 bridgehead atoms. The summed E-state index contributed by atoms with van der Waals surface area (Å²) >= 11 is 1.82. The zero-order valence-electron chi connectivity index (χ0n) is 12.9. The van der Waals surface area contributed by atoms with Crippen molar-refractivity contribution in [1.82, 2.24) is 14.6 Å². The topological polar surface area (TPSA) is 62.3 Å². The highest BCUT2D eigenvalue weighted by Gasteiger charge is 2.17. The van der Waals surface area contributed by atoms with E-state index in [1.165, 1.54) is 10.4 Å². The Labute approximate surface area is 141 Å². The van der Waals surface area contributed by atoms with E-state index in [9.17, 15) is 8.42 Å². The Kier molecular flexibility index (Phi) is 5.42. The summed E-state index contributed by atoms with van der Waals surface area (Å²) in [6.07, 6.45) is 3.20. The predicted octanol–water partition coefficient (Wildman–Crippen LogP) is 1.66. The molecule has 0 aliphatic carbocycles. The van der Waals surface area contributed by atoms with Crippen molar-refractivity contribution in [3.63, 3.8) is 0 Å². The Hall–Kier alpha value is -1.28. The summed E-state index contributed by atoms with van der Waals surface area (Å²) < 4.78 is 26.8. The fourth-order valence-electron chi connectivity index (χ4n) is 2.71. The molecule has 1 aliphatic heterocycles. The molecule has 5 nitrogen and oxygen atoms in total. The first-order valence-corrected chi connectivity index (χ1v) is 10.3. The Morgan fingerprint density at radius 3 is 3.04 bits per heavy atom. The highest BCUT2D eigenvalue weighted by Crippen LogP contribution is 2.23. The Morgan fingerprint density at radius 2 is 2.22 bits per heavy atom. The number of nitrogens with zero attached hydrogens (tertiary/aromatic N) is 2. The Bertz CT molecular complexity index is 729. The van der Waals surface area contributed by atoms with Crippen LogP contribution in [0.4, 0.5) is 0 Å². The van der Waals surface area contributed by atoms with Crippen molar-refractivity contribution in [2.45, 2.75) is 19.4 Å². The molecule has 0 fully saturated rings. The lowest BCUT2D eigenvalue weighted by molar-refractivity contribution is 0.260. The van der Waals surface area contributed by atoms with Crippen molar-refractivity contribution in [2.24, 2.45) is 0 Å². The maximum Gasteiger partial charge on any atom is 0.212 e. The first kappa shape index (κ1) is 16.6. The van der Waals surface area contributed by atoms with Crippen LogP contribution in [-0.2, 0) is 29.4 Å². The van der Waals surface area contributed by atoms with E-state index in [1.807, 2.05) is 29.5 Å². The van der Waals surface area contributed by atoms with Crippen LogP contribution >= 0.6 is 11.3 Å². The molecular weight excluding hydrogens is 330 g/mol. The standard InChI is InChI=1S/C16H21N3O2S2/c20-23(21,12-6-15-3-1-2-7-17-15)18-8-10-19-9-4-16-14(13-19)5-11-22-16/h1-3,5,7,11,18H,4,6,8-10,12-13H2. The summed E-state index contributed by atoms with van der Waals surface area (Å²) in [6.45, 7) is 3.14. The third-order valence-corrected chi connectivity index (χ3v) is 6.40. The van der Waals surface area contributed by atoms with Gasteiger partial charge in [-0.25, -0.2) is 13.1 Å². The van der Waals surface area contributed by atoms with E-state index in [0.29, 0.717) is 13.0 Å². The van der Waals surface area contributed by atoms with Crippen LogP contribution < -0.4 is 4.72 Å². The van der Waals surface area contributed by atoms with E-state index in [1.54, 1.807) is 6.20 Å². The Balaban J connectivity index is 1.41. The lowest BCUT2D eigenvalue weighted by atomic mass is 10.1. The number of nitrogens with one attached hydrogen (secondary N) is 1. The van der Waals surface area contributed by atoms with Crippen molar-refractivity contribution in [2.75, 3.05) is 25.4 Å². The van der Waals surface area contributed by atoms with E-state index in [2.05, 4.69) is 26.1 Å². The number of pyridine rings is 1. The number of hydrogen-bond donors (Lipinski definition) is 1. The molecular formula is C16H21N3O2S2. The zero-order valence-corrected chi connectivity index (χ0v) is 14.6. The second-order valence-corrected chi connectivity index (χ2v) is 8.61. The molecule has 0 saturated carbocycles. The van der Waals surface area contributed by atoms with Crippen molar-refractivity contribution < 1.29 is 8.42 Å². The number of sulfonamides is 1. The average molecular weight is 351 g/mol. The molecule has 0 atom stereocenters. The second kappa shape index (κ2) is 7.53. The van der Waals surface area contributed by atoms with E-state index in [4.69, 9.17) is 0 Å². The van der Waals surface area contributed by atoms with Crippen molar-refractivity contribution >= 4 is 21.4 Å². The molecule has 0 aromatic carbocycles. The van der Waals surface area contributed by atoms with Crippen LogP contribution in [0.1, 0.15) is 16.1 Å². The van der Waals surface area contributed by atoms with Gasteiger partial charge in [0, 0.05) is 49.4 Å². The van der Waals surface area contributed by atoms with Gasteiger partial charge in [-0.3, -0.25) is 9.88 Å². The monoisotopic (exact) mass is 351 g/mol. The van der Waals surface area contributed by atoms with Gasteiger partial charge >= 0.3 is 0 Å². The molecule has 124 valence electrons. The summed E-state index contributed by atoms with van der Waals surface area (Å²) in [6, 6.07) is 7.72. The van der Waals surface area contributed by atoms with Crippen molar-refractivity contribution in [3.8, 4) is 0 Å². The second-order valence-electron chi connectivity index (χ2n) is 5.68. The summed E-state index contributed by atoms with van der Waals surface area (Å²) in [4.78, 5) is 7.92. The molecule has 0 radical (unpaired) electrons. The number of thiophene rings is 1. The van der Waals surface area contributed by atoms with Gasteiger partial charge in [-0.15, -0.1) is 11.3 Å². The normalized spacial score (nSPS) is 15.5. The number of hydrogen-bond acceptors (Lipinski definition) is 5. The van der Waals surface area contributed by atoms with Gasteiger partial charge in [0.05, 0.1) is 5.75 Å². The van der Waals surface area contributed by atoms with Crippen LogP contribution in [-0.4, -0.2) is 43.7 Å².